The molecule has 0 spiro atoms. The summed E-state index contributed by atoms with van der Waals surface area (Å²) < 4.78 is 10.6. The number of phenols is 1. The van der Waals surface area contributed by atoms with Crippen LogP contribution in [0.2, 0.25) is 0 Å². The minimum Gasteiger partial charge on any atom is -0.507 e. The van der Waals surface area contributed by atoms with Crippen LogP contribution < -0.4 is 5.32 Å². The molecule has 1 amide bonds. The molecule has 3 N–H and O–H groups in total. The zero-order valence-electron chi connectivity index (χ0n) is 18.3. The Morgan fingerprint density at radius 1 is 1.13 bits per heavy atom. The van der Waals surface area contributed by atoms with E-state index in [1.165, 1.54) is 6.20 Å². The SMILES string of the molecule is CC(C)(C)c1cc(C(COC(=O)NCC(=O)O)c2ccno2)cc(C(C)(C)C)c1O. The van der Waals surface area contributed by atoms with E-state index in [1.54, 1.807) is 6.07 Å². The first-order valence-electron chi connectivity index (χ1n) is 9.71. The third-order valence-electron chi connectivity index (χ3n) is 4.72. The normalized spacial score (nSPS) is 13.0. The predicted octanol–water partition coefficient (Wildman–Crippen LogP) is 3.92. The largest absolute Gasteiger partial charge is 0.507 e. The van der Waals surface area contributed by atoms with Crippen LogP contribution in [-0.2, 0) is 20.4 Å². The average molecular weight is 418 g/mol. The van der Waals surface area contributed by atoms with Gasteiger partial charge in [-0.05, 0) is 27.5 Å². The van der Waals surface area contributed by atoms with Gasteiger partial charge >= 0.3 is 12.1 Å². The van der Waals surface area contributed by atoms with Gasteiger partial charge in [-0.3, -0.25) is 4.79 Å². The Kier molecular flexibility index (Phi) is 6.80. The highest BCUT2D eigenvalue weighted by Crippen LogP contribution is 2.42. The van der Waals surface area contributed by atoms with E-state index in [9.17, 15) is 14.7 Å². The van der Waals surface area contributed by atoms with Gasteiger partial charge in [-0.2, -0.15) is 0 Å². The molecule has 2 rings (SSSR count). The van der Waals surface area contributed by atoms with Crippen LogP contribution in [0.4, 0.5) is 4.79 Å². The lowest BCUT2D eigenvalue weighted by molar-refractivity contribution is -0.135. The van der Waals surface area contributed by atoms with E-state index < -0.39 is 24.5 Å². The van der Waals surface area contributed by atoms with Crippen LogP contribution in [0.15, 0.2) is 28.9 Å². The van der Waals surface area contributed by atoms with Crippen molar-refractivity contribution in [3.63, 3.8) is 0 Å². The summed E-state index contributed by atoms with van der Waals surface area (Å²) in [7, 11) is 0. The van der Waals surface area contributed by atoms with E-state index in [1.807, 2.05) is 53.7 Å². The van der Waals surface area contributed by atoms with E-state index in [2.05, 4.69) is 10.5 Å². The molecule has 0 radical (unpaired) electrons. The van der Waals surface area contributed by atoms with E-state index >= 15 is 0 Å². The second kappa shape index (κ2) is 8.77. The Morgan fingerprint density at radius 3 is 2.13 bits per heavy atom. The Morgan fingerprint density at radius 2 is 1.70 bits per heavy atom. The maximum atomic E-state index is 11.9. The van der Waals surface area contributed by atoms with Crippen LogP contribution in [0, 0.1) is 0 Å². The van der Waals surface area contributed by atoms with Crippen LogP contribution in [0.25, 0.3) is 0 Å². The number of aromatic hydroxyl groups is 1. The molecule has 1 atom stereocenters. The molecule has 0 aliphatic heterocycles. The smallest absolute Gasteiger partial charge is 0.407 e. The van der Waals surface area contributed by atoms with Gasteiger partial charge in [-0.25, -0.2) is 4.79 Å². The highest BCUT2D eigenvalue weighted by Gasteiger charge is 2.30. The number of ether oxygens (including phenoxy) is 1. The van der Waals surface area contributed by atoms with Crippen molar-refractivity contribution in [2.75, 3.05) is 13.2 Å². The number of carbonyl (C=O) groups excluding carboxylic acids is 1. The van der Waals surface area contributed by atoms with Gasteiger partial charge < -0.3 is 24.8 Å². The maximum absolute atomic E-state index is 11.9. The van der Waals surface area contributed by atoms with Crippen molar-refractivity contribution in [1.29, 1.82) is 0 Å². The maximum Gasteiger partial charge on any atom is 0.407 e. The fraction of sp³-hybridized carbons (Fsp3) is 0.500. The number of carboxylic acid groups (broad SMARTS) is 1. The van der Waals surface area contributed by atoms with E-state index in [0.29, 0.717) is 5.76 Å². The summed E-state index contributed by atoms with van der Waals surface area (Å²) in [5.41, 5.74) is 1.68. The first-order chi connectivity index (χ1) is 13.8. The van der Waals surface area contributed by atoms with Crippen molar-refractivity contribution in [1.82, 2.24) is 10.5 Å². The molecule has 30 heavy (non-hydrogen) atoms. The summed E-state index contributed by atoms with van der Waals surface area (Å²) in [4.78, 5) is 22.5. The molecular formula is C22H30N2O6. The van der Waals surface area contributed by atoms with Crippen LogP contribution in [0.1, 0.15) is 69.9 Å². The molecular weight excluding hydrogens is 388 g/mol. The Labute approximate surface area is 176 Å². The number of phenolic OH excluding ortho intramolecular Hbond substituents is 1. The quantitative estimate of drug-likeness (QED) is 0.650. The van der Waals surface area contributed by atoms with Gasteiger partial charge in [0, 0.05) is 6.07 Å². The number of aromatic nitrogens is 1. The number of alkyl carbamates (subject to hydrolysis) is 1. The third-order valence-corrected chi connectivity index (χ3v) is 4.72. The van der Waals surface area contributed by atoms with Crippen molar-refractivity contribution in [2.24, 2.45) is 0 Å². The number of amides is 1. The predicted molar refractivity (Wildman–Crippen MR) is 111 cm³/mol. The first kappa shape index (κ1) is 23.3. The average Bonchev–Trinajstić information content (AvgIpc) is 3.13. The number of carboxylic acids is 1. The number of aliphatic carboxylic acids is 1. The zero-order valence-corrected chi connectivity index (χ0v) is 18.3. The lowest BCUT2D eigenvalue weighted by Gasteiger charge is -2.29. The Balaban J connectivity index is 2.48. The van der Waals surface area contributed by atoms with E-state index in [0.717, 1.165) is 16.7 Å². The monoisotopic (exact) mass is 418 g/mol. The summed E-state index contributed by atoms with van der Waals surface area (Å²) >= 11 is 0. The van der Waals surface area contributed by atoms with E-state index in [-0.39, 0.29) is 23.2 Å². The molecule has 8 heteroatoms. The molecule has 0 aliphatic carbocycles. The molecule has 1 unspecified atom stereocenters. The molecule has 0 bridgehead atoms. The fourth-order valence-electron chi connectivity index (χ4n) is 3.11. The van der Waals surface area contributed by atoms with Crippen molar-refractivity contribution in [2.45, 2.75) is 58.3 Å². The number of hydrogen-bond acceptors (Lipinski definition) is 6. The standard InChI is InChI=1S/C22H30N2O6/c1-21(2,3)15-9-13(10-16(19(15)27)22(4,5)6)14(17-7-8-24-30-17)12-29-20(28)23-11-18(25)26/h7-10,14,27H,11-12H2,1-6H3,(H,23,28)(H,25,26). The number of carbonyl (C=O) groups is 2. The third kappa shape index (κ3) is 5.75. The highest BCUT2D eigenvalue weighted by molar-refractivity contribution is 5.76. The van der Waals surface area contributed by atoms with Crippen LogP contribution in [0.5, 0.6) is 5.75 Å². The number of nitrogens with zero attached hydrogens (tertiary/aromatic N) is 1. The molecule has 0 fully saturated rings. The molecule has 164 valence electrons. The second-order valence-electron chi connectivity index (χ2n) is 9.28. The summed E-state index contributed by atoms with van der Waals surface area (Å²) in [5.74, 6) is -0.908. The number of hydrogen-bond donors (Lipinski definition) is 3. The fourth-order valence-corrected chi connectivity index (χ4v) is 3.11. The van der Waals surface area contributed by atoms with Gasteiger partial charge in [-0.15, -0.1) is 0 Å². The topological polar surface area (TPSA) is 122 Å². The summed E-state index contributed by atoms with van der Waals surface area (Å²) in [6.45, 7) is 11.4. The van der Waals surface area contributed by atoms with E-state index in [4.69, 9.17) is 14.4 Å². The molecule has 2 aromatic rings. The number of rotatable bonds is 6. The summed E-state index contributed by atoms with van der Waals surface area (Å²) in [6.07, 6.45) is 0.663. The van der Waals surface area contributed by atoms with Crippen LogP contribution >= 0.6 is 0 Å². The summed E-state index contributed by atoms with van der Waals surface area (Å²) in [6, 6.07) is 5.45. The molecule has 0 saturated heterocycles. The molecule has 1 aromatic carbocycles. The van der Waals surface area contributed by atoms with Crippen LogP contribution in [0.3, 0.4) is 0 Å². The van der Waals surface area contributed by atoms with Gasteiger partial charge in [-0.1, -0.05) is 58.8 Å². The lowest BCUT2D eigenvalue weighted by atomic mass is 9.77. The van der Waals surface area contributed by atoms with Crippen molar-refractivity contribution < 1.29 is 29.1 Å². The molecule has 8 nitrogen and oxygen atoms in total. The van der Waals surface area contributed by atoms with Crippen molar-refractivity contribution >= 4 is 12.1 Å². The molecule has 0 saturated carbocycles. The highest BCUT2D eigenvalue weighted by atomic mass is 16.5. The Bertz CT molecular complexity index is 856. The minimum atomic E-state index is -1.16. The minimum absolute atomic E-state index is 0.0847. The van der Waals surface area contributed by atoms with Crippen molar-refractivity contribution in [3.8, 4) is 5.75 Å². The van der Waals surface area contributed by atoms with Crippen molar-refractivity contribution in [3.05, 3.63) is 46.8 Å². The van der Waals surface area contributed by atoms with Gasteiger partial charge in [0.15, 0.2) is 0 Å². The van der Waals surface area contributed by atoms with Crippen LogP contribution in [-0.4, -0.2) is 40.6 Å². The van der Waals surface area contributed by atoms with Gasteiger partial charge in [0.05, 0.1) is 12.1 Å². The molecule has 1 aromatic heterocycles. The first-order valence-corrected chi connectivity index (χ1v) is 9.71. The number of benzene rings is 1. The van der Waals surface area contributed by atoms with Gasteiger partial charge in [0.1, 0.15) is 24.7 Å². The van der Waals surface area contributed by atoms with Gasteiger partial charge in [0.2, 0.25) is 0 Å². The summed E-state index contributed by atoms with van der Waals surface area (Å²) in [5, 5.41) is 25.6. The zero-order chi connectivity index (χ0) is 22.7. The second-order valence-corrected chi connectivity index (χ2v) is 9.28. The number of nitrogens with one attached hydrogen (secondary N) is 1. The van der Waals surface area contributed by atoms with Gasteiger partial charge in [0.25, 0.3) is 0 Å². The molecule has 1 heterocycles. The molecule has 0 aliphatic rings. The lowest BCUT2D eigenvalue weighted by Crippen LogP contribution is -2.31. The Hall–Kier alpha value is -3.03.